The summed E-state index contributed by atoms with van der Waals surface area (Å²) in [4.78, 5) is 4.66. The van der Waals surface area contributed by atoms with Crippen molar-refractivity contribution in [3.05, 3.63) is 53.7 Å². The Balaban J connectivity index is 1.85. The van der Waals surface area contributed by atoms with Gasteiger partial charge in [0, 0.05) is 23.2 Å². The molecule has 1 heterocycles. The van der Waals surface area contributed by atoms with Gasteiger partial charge >= 0.3 is 0 Å². The van der Waals surface area contributed by atoms with Gasteiger partial charge in [-0.2, -0.15) is 0 Å². The molecule has 4 nitrogen and oxygen atoms in total. The lowest BCUT2D eigenvalue weighted by Crippen LogP contribution is -2.23. The third-order valence-corrected chi connectivity index (χ3v) is 6.15. The highest BCUT2D eigenvalue weighted by molar-refractivity contribution is 6.32. The summed E-state index contributed by atoms with van der Waals surface area (Å²) in [5.74, 6) is 0.307. The summed E-state index contributed by atoms with van der Waals surface area (Å²) in [7, 11) is 1.52. The molecule has 1 saturated carbocycles. The molecule has 1 aliphatic carbocycles. The Kier molecular flexibility index (Phi) is 5.87. The second-order valence-corrected chi connectivity index (χ2v) is 8.45. The molecule has 3 aromatic rings. The Morgan fingerprint density at radius 1 is 1.17 bits per heavy atom. The highest BCUT2D eigenvalue weighted by atomic mass is 35.5. The molecule has 2 N–H and O–H groups in total. The van der Waals surface area contributed by atoms with E-state index in [1.165, 1.54) is 39.2 Å². The van der Waals surface area contributed by atoms with Gasteiger partial charge in [-0.1, -0.05) is 43.5 Å². The zero-order valence-electron chi connectivity index (χ0n) is 17.5. The minimum atomic E-state index is -0.0467. The molecule has 30 heavy (non-hydrogen) atoms. The van der Waals surface area contributed by atoms with Gasteiger partial charge in [-0.05, 0) is 60.7 Å². The molecule has 0 bridgehead atoms. The lowest BCUT2D eigenvalue weighted by Gasteiger charge is -2.26. The quantitative estimate of drug-likeness (QED) is 0.462. The number of hydrogen-bond donors (Lipinski definition) is 2. The summed E-state index contributed by atoms with van der Waals surface area (Å²) < 4.78 is 5.28. The first kappa shape index (κ1) is 20.5. The lowest BCUT2D eigenvalue weighted by molar-refractivity contribution is 0.374. The predicted octanol–water partition coefficient (Wildman–Crippen LogP) is 7.05. The van der Waals surface area contributed by atoms with Crippen LogP contribution >= 0.6 is 11.6 Å². The van der Waals surface area contributed by atoms with E-state index in [1.54, 1.807) is 12.1 Å². The fourth-order valence-corrected chi connectivity index (χ4v) is 4.41. The molecule has 2 aromatic carbocycles. The van der Waals surface area contributed by atoms with Crippen molar-refractivity contribution in [3.8, 4) is 22.6 Å². The maximum atomic E-state index is 10.1. The fourth-order valence-electron chi connectivity index (χ4n) is 4.20. The number of phenolic OH excluding ortho intramolecular Hbond substituents is 1. The van der Waals surface area contributed by atoms with Crippen LogP contribution in [0.15, 0.2) is 43.1 Å². The van der Waals surface area contributed by atoms with Crippen molar-refractivity contribution in [3.63, 3.8) is 0 Å². The second-order valence-electron chi connectivity index (χ2n) is 8.05. The minimum absolute atomic E-state index is 0.0467. The van der Waals surface area contributed by atoms with Gasteiger partial charge in [0.2, 0.25) is 0 Å². The summed E-state index contributed by atoms with van der Waals surface area (Å²) in [6.07, 6.45) is 8.13. The largest absolute Gasteiger partial charge is 0.503 e. The van der Waals surface area contributed by atoms with E-state index in [-0.39, 0.29) is 10.8 Å². The average Bonchev–Trinajstić information content (AvgIpc) is 2.76. The second kappa shape index (κ2) is 8.57. The molecular formula is C25H27ClN2O2. The van der Waals surface area contributed by atoms with Crippen LogP contribution in [-0.2, 0) is 0 Å². The number of ether oxygens (including phenoxy) is 1. The molecule has 156 valence electrons. The smallest absolute Gasteiger partial charge is 0.176 e. The number of hydrogen-bond acceptors (Lipinski definition) is 4. The highest BCUT2D eigenvalue weighted by Gasteiger charge is 2.18. The number of nitrogens with one attached hydrogen (secondary N) is 1. The zero-order chi connectivity index (χ0) is 21.3. The van der Waals surface area contributed by atoms with Crippen molar-refractivity contribution in [1.29, 1.82) is 0 Å². The number of methoxy groups -OCH3 is 1. The van der Waals surface area contributed by atoms with Crippen LogP contribution in [0.5, 0.6) is 11.5 Å². The van der Waals surface area contributed by atoms with Crippen molar-refractivity contribution in [2.45, 2.75) is 45.1 Å². The molecule has 0 saturated heterocycles. The van der Waals surface area contributed by atoms with E-state index >= 15 is 0 Å². The number of rotatable bonds is 5. The SMILES string of the molecule is C=C(C)c1cnc2ccc(-c3cc(Cl)c(O)c(OC)c3)cc2c1NC1CCCCC1. The first-order valence-electron chi connectivity index (χ1n) is 10.4. The van der Waals surface area contributed by atoms with Gasteiger partial charge in [0.15, 0.2) is 11.5 Å². The van der Waals surface area contributed by atoms with Crippen molar-refractivity contribution in [1.82, 2.24) is 4.98 Å². The number of pyridine rings is 1. The molecule has 0 atom stereocenters. The van der Waals surface area contributed by atoms with Crippen LogP contribution in [0.4, 0.5) is 5.69 Å². The molecule has 1 aromatic heterocycles. The molecule has 0 amide bonds. The molecule has 0 radical (unpaired) electrons. The Bertz CT molecular complexity index is 1100. The van der Waals surface area contributed by atoms with Crippen molar-refractivity contribution in [2.24, 2.45) is 0 Å². The Labute approximate surface area is 182 Å². The number of anilines is 1. The van der Waals surface area contributed by atoms with E-state index in [9.17, 15) is 5.11 Å². The number of phenols is 1. The summed E-state index contributed by atoms with van der Waals surface area (Å²) in [6, 6.07) is 10.2. The van der Waals surface area contributed by atoms with Gasteiger partial charge in [-0.25, -0.2) is 0 Å². The van der Waals surface area contributed by atoms with Crippen LogP contribution in [0.3, 0.4) is 0 Å². The summed E-state index contributed by atoms with van der Waals surface area (Å²) in [5, 5.41) is 15.2. The molecule has 4 rings (SSSR count). The van der Waals surface area contributed by atoms with E-state index in [4.69, 9.17) is 16.3 Å². The fraction of sp³-hybridized carbons (Fsp3) is 0.320. The number of fused-ring (bicyclic) bond motifs is 1. The molecule has 5 heteroatoms. The third kappa shape index (κ3) is 3.97. The Morgan fingerprint density at radius 3 is 2.63 bits per heavy atom. The van der Waals surface area contributed by atoms with Crippen LogP contribution in [0.1, 0.15) is 44.6 Å². The monoisotopic (exact) mass is 422 g/mol. The molecule has 1 aliphatic rings. The van der Waals surface area contributed by atoms with E-state index in [0.717, 1.165) is 38.9 Å². The minimum Gasteiger partial charge on any atom is -0.503 e. The van der Waals surface area contributed by atoms with Crippen LogP contribution in [0.25, 0.3) is 27.6 Å². The third-order valence-electron chi connectivity index (χ3n) is 5.86. The van der Waals surface area contributed by atoms with Gasteiger partial charge in [0.1, 0.15) is 0 Å². The van der Waals surface area contributed by atoms with E-state index in [1.807, 2.05) is 25.3 Å². The highest BCUT2D eigenvalue weighted by Crippen LogP contribution is 2.40. The van der Waals surface area contributed by atoms with Gasteiger partial charge in [0.25, 0.3) is 0 Å². The summed E-state index contributed by atoms with van der Waals surface area (Å²) in [5.41, 5.74) is 5.92. The van der Waals surface area contributed by atoms with Gasteiger partial charge in [-0.3, -0.25) is 4.98 Å². The number of benzene rings is 2. The van der Waals surface area contributed by atoms with Crippen molar-refractivity contribution >= 4 is 33.8 Å². The number of halogens is 1. The van der Waals surface area contributed by atoms with Crippen LogP contribution in [0, 0.1) is 0 Å². The normalized spacial score (nSPS) is 14.6. The number of nitrogens with zero attached hydrogens (tertiary/aromatic N) is 1. The molecule has 0 spiro atoms. The van der Waals surface area contributed by atoms with Gasteiger partial charge in [-0.15, -0.1) is 0 Å². The molecule has 0 aliphatic heterocycles. The van der Waals surface area contributed by atoms with E-state index in [2.05, 4.69) is 22.9 Å². The van der Waals surface area contributed by atoms with E-state index < -0.39 is 0 Å². The number of aromatic nitrogens is 1. The average molecular weight is 423 g/mol. The van der Waals surface area contributed by atoms with Crippen molar-refractivity contribution < 1.29 is 9.84 Å². The number of allylic oxidation sites excluding steroid dienone is 1. The van der Waals surface area contributed by atoms with Crippen LogP contribution < -0.4 is 10.1 Å². The van der Waals surface area contributed by atoms with Gasteiger partial charge < -0.3 is 15.2 Å². The zero-order valence-corrected chi connectivity index (χ0v) is 18.2. The summed E-state index contributed by atoms with van der Waals surface area (Å²) in [6.45, 7) is 6.19. The van der Waals surface area contributed by atoms with Gasteiger partial charge in [0.05, 0.1) is 23.3 Å². The predicted molar refractivity (Wildman–Crippen MR) is 126 cm³/mol. The Hall–Kier alpha value is -2.72. The standard InChI is InChI=1S/C25H27ClN2O2/c1-15(2)20-14-27-22-10-9-16(17-12-21(26)25(29)23(13-17)30-3)11-19(22)24(20)28-18-7-5-4-6-8-18/h9-14,18,29H,1,4-8H2,2-3H3,(H,27,28). The summed E-state index contributed by atoms with van der Waals surface area (Å²) >= 11 is 6.23. The lowest BCUT2D eigenvalue weighted by atomic mass is 9.94. The molecular weight excluding hydrogens is 396 g/mol. The Morgan fingerprint density at radius 2 is 1.93 bits per heavy atom. The first-order chi connectivity index (χ1) is 14.5. The topological polar surface area (TPSA) is 54.4 Å². The van der Waals surface area contributed by atoms with E-state index in [0.29, 0.717) is 11.8 Å². The maximum Gasteiger partial charge on any atom is 0.176 e. The van der Waals surface area contributed by atoms with Crippen LogP contribution in [0.2, 0.25) is 5.02 Å². The molecule has 0 unspecified atom stereocenters. The molecule has 1 fully saturated rings. The van der Waals surface area contributed by atoms with Crippen LogP contribution in [-0.4, -0.2) is 23.2 Å². The van der Waals surface area contributed by atoms with Crippen molar-refractivity contribution in [2.75, 3.05) is 12.4 Å². The first-order valence-corrected chi connectivity index (χ1v) is 10.8. The number of aromatic hydroxyl groups is 1. The maximum absolute atomic E-state index is 10.1.